The minimum atomic E-state index is -0.249. The third kappa shape index (κ3) is 2.48. The molecule has 88 valence electrons. The Balaban J connectivity index is 2.28. The van der Waals surface area contributed by atoms with Crippen molar-refractivity contribution in [3.63, 3.8) is 0 Å². The molecule has 0 fully saturated rings. The van der Waals surface area contributed by atoms with Crippen LogP contribution in [0.15, 0.2) is 29.1 Å². The van der Waals surface area contributed by atoms with Gasteiger partial charge in [-0.05, 0) is 22.0 Å². The summed E-state index contributed by atoms with van der Waals surface area (Å²) >= 11 is 9.13. The summed E-state index contributed by atoms with van der Waals surface area (Å²) in [5.41, 5.74) is 0.942. The quantitative estimate of drug-likeness (QED) is 0.926. The first-order valence-corrected chi connectivity index (χ1v) is 5.84. The predicted molar refractivity (Wildman–Crippen MR) is 68.3 cm³/mol. The number of aromatic nitrogens is 3. The van der Waals surface area contributed by atoms with Crippen LogP contribution in [0.25, 0.3) is 0 Å². The SMILES string of the molecule is CN(C(=O)c1cc(Cl)c(Br)cn1)c1cn[nH]c1. The summed E-state index contributed by atoms with van der Waals surface area (Å²) in [6, 6.07) is 1.52. The summed E-state index contributed by atoms with van der Waals surface area (Å²) in [7, 11) is 1.64. The number of rotatable bonds is 2. The molecule has 0 unspecified atom stereocenters. The van der Waals surface area contributed by atoms with Crippen molar-refractivity contribution in [1.29, 1.82) is 0 Å². The maximum absolute atomic E-state index is 12.1. The van der Waals surface area contributed by atoms with Gasteiger partial charge in [-0.1, -0.05) is 11.6 Å². The fourth-order valence-corrected chi connectivity index (χ4v) is 1.62. The second kappa shape index (κ2) is 4.85. The van der Waals surface area contributed by atoms with E-state index in [1.54, 1.807) is 19.4 Å². The topological polar surface area (TPSA) is 61.9 Å². The van der Waals surface area contributed by atoms with Crippen LogP contribution < -0.4 is 4.90 Å². The zero-order valence-corrected chi connectivity index (χ0v) is 11.2. The highest BCUT2D eigenvalue weighted by Crippen LogP contribution is 2.22. The lowest BCUT2D eigenvalue weighted by Gasteiger charge is -2.14. The Hall–Kier alpha value is -1.40. The van der Waals surface area contributed by atoms with Crippen molar-refractivity contribution in [3.8, 4) is 0 Å². The van der Waals surface area contributed by atoms with Crippen LogP contribution in [-0.2, 0) is 0 Å². The molecule has 17 heavy (non-hydrogen) atoms. The first-order chi connectivity index (χ1) is 8.09. The van der Waals surface area contributed by atoms with E-state index >= 15 is 0 Å². The van der Waals surface area contributed by atoms with Gasteiger partial charge in [0.15, 0.2) is 0 Å². The Morgan fingerprint density at radius 3 is 2.88 bits per heavy atom. The van der Waals surface area contributed by atoms with Gasteiger partial charge < -0.3 is 4.90 Å². The normalized spacial score (nSPS) is 10.3. The number of halogens is 2. The average Bonchev–Trinajstić information content (AvgIpc) is 2.84. The molecule has 0 saturated carbocycles. The van der Waals surface area contributed by atoms with E-state index in [1.165, 1.54) is 17.2 Å². The van der Waals surface area contributed by atoms with Gasteiger partial charge in [0.25, 0.3) is 5.91 Å². The molecule has 7 heteroatoms. The van der Waals surface area contributed by atoms with Crippen LogP contribution in [-0.4, -0.2) is 28.1 Å². The van der Waals surface area contributed by atoms with Crippen molar-refractivity contribution < 1.29 is 4.79 Å². The van der Waals surface area contributed by atoms with Crippen molar-refractivity contribution in [2.45, 2.75) is 0 Å². The zero-order valence-electron chi connectivity index (χ0n) is 8.82. The third-order valence-corrected chi connectivity index (χ3v) is 3.38. The van der Waals surface area contributed by atoms with Crippen molar-refractivity contribution in [2.24, 2.45) is 0 Å². The molecule has 0 aliphatic rings. The van der Waals surface area contributed by atoms with Crippen LogP contribution in [0.2, 0.25) is 5.02 Å². The summed E-state index contributed by atoms with van der Waals surface area (Å²) in [6.45, 7) is 0. The van der Waals surface area contributed by atoms with Gasteiger partial charge in [-0.3, -0.25) is 9.89 Å². The molecule has 2 rings (SSSR count). The molecule has 5 nitrogen and oxygen atoms in total. The second-order valence-electron chi connectivity index (χ2n) is 3.30. The number of hydrogen-bond donors (Lipinski definition) is 1. The molecule has 0 aromatic carbocycles. The van der Waals surface area contributed by atoms with Crippen molar-refractivity contribution in [2.75, 3.05) is 11.9 Å². The lowest BCUT2D eigenvalue weighted by atomic mass is 10.3. The van der Waals surface area contributed by atoms with Gasteiger partial charge in [0, 0.05) is 19.4 Å². The first kappa shape index (κ1) is 12.1. The summed E-state index contributed by atoms with van der Waals surface area (Å²) < 4.78 is 0.654. The number of hydrogen-bond acceptors (Lipinski definition) is 3. The minimum Gasteiger partial charge on any atom is -0.307 e. The van der Waals surface area contributed by atoms with Gasteiger partial charge in [0.05, 0.1) is 21.4 Å². The number of carbonyl (C=O) groups is 1. The standard InChI is InChI=1S/C10H8BrClN4O/c1-16(6-3-14-15-4-6)10(17)9-2-8(12)7(11)5-13-9/h2-5H,1H3,(H,14,15). The van der Waals surface area contributed by atoms with Gasteiger partial charge in [0.1, 0.15) is 5.69 Å². The average molecular weight is 316 g/mol. The van der Waals surface area contributed by atoms with E-state index in [0.29, 0.717) is 15.2 Å². The monoisotopic (exact) mass is 314 g/mol. The molecule has 0 bridgehead atoms. The van der Waals surface area contributed by atoms with Crippen LogP contribution in [0.5, 0.6) is 0 Å². The predicted octanol–water partition coefficient (Wildman–Crippen LogP) is 2.50. The molecule has 0 saturated heterocycles. The molecule has 0 radical (unpaired) electrons. The van der Waals surface area contributed by atoms with E-state index in [0.717, 1.165) is 0 Å². The third-order valence-electron chi connectivity index (χ3n) is 2.20. The summed E-state index contributed by atoms with van der Waals surface area (Å²) in [5.74, 6) is -0.249. The van der Waals surface area contributed by atoms with Gasteiger partial charge in [-0.25, -0.2) is 4.98 Å². The molecule has 1 N–H and O–H groups in total. The molecule has 0 atom stereocenters. The number of nitrogens with zero attached hydrogens (tertiary/aromatic N) is 3. The number of aromatic amines is 1. The highest BCUT2D eigenvalue weighted by Gasteiger charge is 2.16. The Morgan fingerprint density at radius 2 is 2.29 bits per heavy atom. The molecule has 0 spiro atoms. The second-order valence-corrected chi connectivity index (χ2v) is 4.57. The van der Waals surface area contributed by atoms with Crippen LogP contribution in [0.3, 0.4) is 0 Å². The van der Waals surface area contributed by atoms with Crippen molar-refractivity contribution in [1.82, 2.24) is 15.2 Å². The van der Waals surface area contributed by atoms with E-state index in [-0.39, 0.29) is 11.6 Å². The van der Waals surface area contributed by atoms with E-state index < -0.39 is 0 Å². The molecular formula is C10H8BrClN4O. The number of anilines is 1. The largest absolute Gasteiger partial charge is 0.307 e. The summed E-state index contributed by atoms with van der Waals surface area (Å²) in [5, 5.41) is 6.87. The summed E-state index contributed by atoms with van der Waals surface area (Å²) in [4.78, 5) is 17.5. The molecular weight excluding hydrogens is 307 g/mol. The number of pyridine rings is 1. The Morgan fingerprint density at radius 1 is 1.53 bits per heavy atom. The van der Waals surface area contributed by atoms with Crippen LogP contribution in [0, 0.1) is 0 Å². The number of nitrogens with one attached hydrogen (secondary N) is 1. The highest BCUT2D eigenvalue weighted by atomic mass is 79.9. The van der Waals surface area contributed by atoms with Crippen molar-refractivity contribution in [3.05, 3.63) is 39.8 Å². The molecule has 2 aromatic heterocycles. The molecule has 0 aliphatic carbocycles. The van der Waals surface area contributed by atoms with E-state index in [1.807, 2.05) is 0 Å². The molecule has 2 aromatic rings. The minimum absolute atomic E-state index is 0.249. The molecule has 0 aliphatic heterocycles. The Labute approximate surface area is 111 Å². The number of H-pyrrole nitrogens is 1. The van der Waals surface area contributed by atoms with E-state index in [2.05, 4.69) is 31.1 Å². The van der Waals surface area contributed by atoms with Gasteiger partial charge in [-0.2, -0.15) is 5.10 Å². The lowest BCUT2D eigenvalue weighted by Crippen LogP contribution is -2.26. The summed E-state index contributed by atoms with van der Waals surface area (Å²) in [6.07, 6.45) is 4.68. The van der Waals surface area contributed by atoms with Crippen LogP contribution in [0.4, 0.5) is 5.69 Å². The maximum Gasteiger partial charge on any atom is 0.276 e. The lowest BCUT2D eigenvalue weighted by molar-refractivity contribution is 0.0988. The molecule has 2 heterocycles. The Bertz CT molecular complexity index is 543. The van der Waals surface area contributed by atoms with Crippen molar-refractivity contribution >= 4 is 39.1 Å². The van der Waals surface area contributed by atoms with Gasteiger partial charge in [0.2, 0.25) is 0 Å². The van der Waals surface area contributed by atoms with Gasteiger partial charge in [-0.15, -0.1) is 0 Å². The number of carbonyl (C=O) groups excluding carboxylic acids is 1. The van der Waals surface area contributed by atoms with Crippen LogP contribution in [0.1, 0.15) is 10.5 Å². The maximum atomic E-state index is 12.1. The zero-order chi connectivity index (χ0) is 12.4. The highest BCUT2D eigenvalue weighted by molar-refractivity contribution is 9.10. The van der Waals surface area contributed by atoms with E-state index in [9.17, 15) is 4.79 Å². The van der Waals surface area contributed by atoms with Gasteiger partial charge >= 0.3 is 0 Å². The fourth-order valence-electron chi connectivity index (χ4n) is 1.25. The first-order valence-electron chi connectivity index (χ1n) is 4.67. The fraction of sp³-hybridized carbons (Fsp3) is 0.100. The van der Waals surface area contributed by atoms with Crippen LogP contribution >= 0.6 is 27.5 Å². The van der Waals surface area contributed by atoms with E-state index in [4.69, 9.17) is 11.6 Å². The molecule has 1 amide bonds. The smallest absolute Gasteiger partial charge is 0.276 e. The number of amides is 1. The Kier molecular flexibility index (Phi) is 3.44.